The summed E-state index contributed by atoms with van der Waals surface area (Å²) in [4.78, 5) is 10.1. The van der Waals surface area contributed by atoms with Gasteiger partial charge in [0.15, 0.2) is 6.10 Å². The third-order valence-electron chi connectivity index (χ3n) is 0.951. The van der Waals surface area contributed by atoms with Gasteiger partial charge in [-0.25, -0.2) is 4.79 Å². The van der Waals surface area contributed by atoms with Gasteiger partial charge in [-0.2, -0.15) is 0 Å². The SMILES string of the molecule is CO[C@@H](CCO)C(=O)O. The summed E-state index contributed by atoms with van der Waals surface area (Å²) in [5.41, 5.74) is 0. The molecule has 0 bridgehead atoms. The number of aliphatic hydroxyl groups excluding tert-OH is 1. The smallest absolute Gasteiger partial charge is 0.332 e. The lowest BCUT2D eigenvalue weighted by molar-refractivity contribution is -0.149. The Morgan fingerprint density at radius 2 is 2.33 bits per heavy atom. The van der Waals surface area contributed by atoms with Gasteiger partial charge in [-0.3, -0.25) is 0 Å². The van der Waals surface area contributed by atoms with Crippen molar-refractivity contribution in [2.45, 2.75) is 12.5 Å². The number of carboxylic acid groups (broad SMARTS) is 1. The second-order valence-corrected chi connectivity index (χ2v) is 1.57. The maximum Gasteiger partial charge on any atom is 0.332 e. The van der Waals surface area contributed by atoms with Crippen molar-refractivity contribution in [3.8, 4) is 0 Å². The molecule has 0 rings (SSSR count). The molecule has 0 amide bonds. The van der Waals surface area contributed by atoms with E-state index in [4.69, 9.17) is 10.2 Å². The van der Waals surface area contributed by atoms with Gasteiger partial charge in [0.05, 0.1) is 0 Å². The summed E-state index contributed by atoms with van der Waals surface area (Å²) in [6.07, 6.45) is -0.721. The molecule has 0 unspecified atom stereocenters. The van der Waals surface area contributed by atoms with Gasteiger partial charge in [0.1, 0.15) is 0 Å². The zero-order chi connectivity index (χ0) is 7.28. The van der Waals surface area contributed by atoms with E-state index in [-0.39, 0.29) is 13.0 Å². The summed E-state index contributed by atoms with van der Waals surface area (Å²) in [6, 6.07) is 0. The largest absolute Gasteiger partial charge is 0.479 e. The number of hydrogen-bond donors (Lipinski definition) is 2. The highest BCUT2D eigenvalue weighted by Crippen LogP contribution is 1.94. The molecule has 0 fully saturated rings. The Bertz CT molecular complexity index is 91.0. The predicted molar refractivity (Wildman–Crippen MR) is 30.1 cm³/mol. The molecule has 0 aromatic rings. The first kappa shape index (κ1) is 8.39. The number of carbonyl (C=O) groups is 1. The first-order valence-electron chi connectivity index (χ1n) is 2.58. The molecule has 1 atom stereocenters. The molecule has 0 saturated carbocycles. The minimum absolute atomic E-state index is 0.145. The molecular formula is C5H10O4. The molecule has 0 aliphatic heterocycles. The summed E-state index contributed by atoms with van der Waals surface area (Å²) in [5, 5.41) is 16.5. The van der Waals surface area contributed by atoms with Crippen LogP contribution in [0.5, 0.6) is 0 Å². The standard InChI is InChI=1S/C5H10O4/c1-9-4(2-3-6)5(7)8/h4,6H,2-3H2,1H3,(H,7,8)/t4-/m0/s1. The van der Waals surface area contributed by atoms with Gasteiger partial charge >= 0.3 is 5.97 Å². The van der Waals surface area contributed by atoms with Crippen LogP contribution >= 0.6 is 0 Å². The second kappa shape index (κ2) is 4.29. The van der Waals surface area contributed by atoms with E-state index in [9.17, 15) is 4.79 Å². The van der Waals surface area contributed by atoms with Gasteiger partial charge < -0.3 is 14.9 Å². The molecule has 0 aliphatic carbocycles. The van der Waals surface area contributed by atoms with Crippen LogP contribution in [0.15, 0.2) is 0 Å². The zero-order valence-corrected chi connectivity index (χ0v) is 5.20. The molecule has 0 radical (unpaired) electrons. The Balaban J connectivity index is 3.54. The first-order chi connectivity index (χ1) is 4.22. The van der Waals surface area contributed by atoms with Crippen LogP contribution in [-0.4, -0.2) is 36.0 Å². The van der Waals surface area contributed by atoms with Crippen LogP contribution in [0.25, 0.3) is 0 Å². The lowest BCUT2D eigenvalue weighted by Crippen LogP contribution is -2.23. The zero-order valence-electron chi connectivity index (χ0n) is 5.20. The van der Waals surface area contributed by atoms with E-state index >= 15 is 0 Å². The Morgan fingerprint density at radius 3 is 2.44 bits per heavy atom. The van der Waals surface area contributed by atoms with Crippen molar-refractivity contribution in [1.29, 1.82) is 0 Å². The third kappa shape index (κ3) is 3.05. The van der Waals surface area contributed by atoms with Gasteiger partial charge in [0.2, 0.25) is 0 Å². The molecule has 0 spiro atoms. The minimum atomic E-state index is -1.04. The van der Waals surface area contributed by atoms with Crippen LogP contribution in [0.2, 0.25) is 0 Å². The Labute approximate surface area is 53.1 Å². The fraction of sp³-hybridized carbons (Fsp3) is 0.800. The van der Waals surface area contributed by atoms with E-state index in [1.54, 1.807) is 0 Å². The van der Waals surface area contributed by atoms with E-state index in [2.05, 4.69) is 4.74 Å². The lowest BCUT2D eigenvalue weighted by atomic mass is 10.3. The highest BCUT2D eigenvalue weighted by Gasteiger charge is 2.14. The number of hydrogen-bond acceptors (Lipinski definition) is 3. The number of carboxylic acids is 1. The van der Waals surface area contributed by atoms with Crippen LogP contribution in [0, 0.1) is 0 Å². The van der Waals surface area contributed by atoms with Crippen molar-refractivity contribution in [1.82, 2.24) is 0 Å². The van der Waals surface area contributed by atoms with Crippen molar-refractivity contribution in [3.63, 3.8) is 0 Å². The maximum atomic E-state index is 10.1. The quantitative estimate of drug-likeness (QED) is 0.542. The second-order valence-electron chi connectivity index (χ2n) is 1.57. The van der Waals surface area contributed by atoms with E-state index in [1.807, 2.05) is 0 Å². The number of rotatable bonds is 4. The van der Waals surface area contributed by atoms with E-state index < -0.39 is 12.1 Å². The molecule has 54 valence electrons. The number of aliphatic carboxylic acids is 1. The Kier molecular flexibility index (Phi) is 4.00. The molecule has 0 heterocycles. The van der Waals surface area contributed by atoms with Gasteiger partial charge in [0.25, 0.3) is 0 Å². The average molecular weight is 134 g/mol. The van der Waals surface area contributed by atoms with E-state index in [0.29, 0.717) is 0 Å². The van der Waals surface area contributed by atoms with Crippen molar-refractivity contribution < 1.29 is 19.7 Å². The molecule has 0 aliphatic rings. The summed E-state index contributed by atoms with van der Waals surface area (Å²) >= 11 is 0. The highest BCUT2D eigenvalue weighted by molar-refractivity contribution is 5.72. The summed E-state index contributed by atoms with van der Waals surface area (Å²) in [6.45, 7) is -0.162. The maximum absolute atomic E-state index is 10.1. The fourth-order valence-electron chi connectivity index (χ4n) is 0.459. The molecule has 9 heavy (non-hydrogen) atoms. The summed E-state index contributed by atoms with van der Waals surface area (Å²) < 4.78 is 4.49. The molecular weight excluding hydrogens is 124 g/mol. The average Bonchev–Trinajstić information content (AvgIpc) is 1.82. The summed E-state index contributed by atoms with van der Waals surface area (Å²) in [5.74, 6) is -1.04. The van der Waals surface area contributed by atoms with Crippen LogP contribution in [0.3, 0.4) is 0 Å². The molecule has 2 N–H and O–H groups in total. The van der Waals surface area contributed by atoms with Crippen molar-refractivity contribution in [2.24, 2.45) is 0 Å². The van der Waals surface area contributed by atoms with E-state index in [1.165, 1.54) is 7.11 Å². The Hall–Kier alpha value is -0.610. The number of aliphatic hydroxyl groups is 1. The monoisotopic (exact) mass is 134 g/mol. The molecule has 4 nitrogen and oxygen atoms in total. The Morgan fingerprint density at radius 1 is 1.78 bits per heavy atom. The first-order valence-corrected chi connectivity index (χ1v) is 2.58. The topological polar surface area (TPSA) is 66.8 Å². The highest BCUT2D eigenvalue weighted by atomic mass is 16.5. The van der Waals surface area contributed by atoms with Crippen molar-refractivity contribution >= 4 is 5.97 Å². The van der Waals surface area contributed by atoms with Gasteiger partial charge in [-0.15, -0.1) is 0 Å². The predicted octanol–water partition coefficient (Wildman–Crippen LogP) is -0.532. The third-order valence-corrected chi connectivity index (χ3v) is 0.951. The fourth-order valence-corrected chi connectivity index (χ4v) is 0.459. The van der Waals surface area contributed by atoms with Gasteiger partial charge in [0, 0.05) is 20.1 Å². The number of ether oxygens (including phenoxy) is 1. The van der Waals surface area contributed by atoms with Crippen LogP contribution in [-0.2, 0) is 9.53 Å². The molecule has 4 heteroatoms. The van der Waals surface area contributed by atoms with Crippen molar-refractivity contribution in [3.05, 3.63) is 0 Å². The number of methoxy groups -OCH3 is 1. The molecule has 0 saturated heterocycles. The lowest BCUT2D eigenvalue weighted by Gasteiger charge is -2.06. The van der Waals surface area contributed by atoms with Crippen LogP contribution in [0.4, 0.5) is 0 Å². The van der Waals surface area contributed by atoms with Crippen molar-refractivity contribution in [2.75, 3.05) is 13.7 Å². The minimum Gasteiger partial charge on any atom is -0.479 e. The molecule has 0 aromatic heterocycles. The van der Waals surface area contributed by atoms with Crippen LogP contribution in [0.1, 0.15) is 6.42 Å². The van der Waals surface area contributed by atoms with Crippen LogP contribution < -0.4 is 0 Å². The van der Waals surface area contributed by atoms with E-state index in [0.717, 1.165) is 0 Å². The van der Waals surface area contributed by atoms with Gasteiger partial charge in [-0.05, 0) is 0 Å². The summed E-state index contributed by atoms with van der Waals surface area (Å²) in [7, 11) is 1.30. The normalized spacial score (nSPS) is 13.1. The molecule has 0 aromatic carbocycles. The van der Waals surface area contributed by atoms with Gasteiger partial charge in [-0.1, -0.05) is 0 Å².